The lowest BCUT2D eigenvalue weighted by Gasteiger charge is -2.28. The molecule has 1 fully saturated rings. The molecular formula is C25H33N3O2. The van der Waals surface area contributed by atoms with E-state index < -0.39 is 0 Å². The minimum atomic E-state index is -0.236. The molecular weight excluding hydrogens is 374 g/mol. The summed E-state index contributed by atoms with van der Waals surface area (Å²) in [5.74, 6) is 0.276. The monoisotopic (exact) mass is 407 g/mol. The predicted molar refractivity (Wildman–Crippen MR) is 122 cm³/mol. The van der Waals surface area contributed by atoms with E-state index in [1.54, 1.807) is 7.05 Å². The number of amides is 2. The van der Waals surface area contributed by atoms with Gasteiger partial charge < -0.3 is 10.2 Å². The van der Waals surface area contributed by atoms with E-state index in [0.29, 0.717) is 5.92 Å². The number of likely N-dealkylation sites (N-methyl/N-ethyl adjacent to an activating group) is 1. The van der Waals surface area contributed by atoms with Crippen LogP contribution < -0.4 is 5.32 Å². The fourth-order valence-corrected chi connectivity index (χ4v) is 4.35. The molecule has 30 heavy (non-hydrogen) atoms. The van der Waals surface area contributed by atoms with Gasteiger partial charge in [0.1, 0.15) is 0 Å². The number of para-hydroxylation sites is 1. The average Bonchev–Trinajstić information content (AvgIpc) is 3.23. The Bertz CT molecular complexity index is 895. The first-order valence-electron chi connectivity index (χ1n) is 10.8. The number of benzene rings is 2. The Kier molecular flexibility index (Phi) is 7.27. The molecule has 0 aliphatic carbocycles. The fourth-order valence-electron chi connectivity index (χ4n) is 4.35. The first kappa shape index (κ1) is 22.0. The van der Waals surface area contributed by atoms with Gasteiger partial charge in [-0.15, -0.1) is 0 Å². The molecule has 0 radical (unpaired) electrons. The normalized spacial score (nSPS) is 17.5. The summed E-state index contributed by atoms with van der Waals surface area (Å²) >= 11 is 0. The summed E-state index contributed by atoms with van der Waals surface area (Å²) in [5, 5.41) is 2.94. The Morgan fingerprint density at radius 3 is 2.60 bits per heavy atom. The lowest BCUT2D eigenvalue weighted by atomic mass is 9.94. The molecule has 2 aromatic rings. The summed E-state index contributed by atoms with van der Waals surface area (Å²) in [6.45, 7) is 7.98. The molecule has 5 heteroatoms. The van der Waals surface area contributed by atoms with Gasteiger partial charge in [0.25, 0.3) is 0 Å². The number of aryl methyl sites for hydroxylation is 2. The van der Waals surface area contributed by atoms with Gasteiger partial charge in [-0.2, -0.15) is 0 Å². The molecule has 1 N–H and O–H groups in total. The Morgan fingerprint density at radius 1 is 1.17 bits per heavy atom. The van der Waals surface area contributed by atoms with Gasteiger partial charge in [0.05, 0.1) is 12.6 Å². The van der Waals surface area contributed by atoms with Crippen LogP contribution in [0.4, 0.5) is 5.69 Å². The van der Waals surface area contributed by atoms with Crippen molar-refractivity contribution in [2.75, 3.05) is 32.0 Å². The molecule has 2 aromatic carbocycles. The first-order valence-corrected chi connectivity index (χ1v) is 10.8. The molecule has 2 amide bonds. The highest BCUT2D eigenvalue weighted by Crippen LogP contribution is 2.30. The number of rotatable bonds is 7. The molecule has 3 rings (SSSR count). The second kappa shape index (κ2) is 9.90. The number of nitrogens with zero attached hydrogens (tertiary/aromatic N) is 2. The van der Waals surface area contributed by atoms with Crippen molar-refractivity contribution in [3.05, 3.63) is 65.2 Å². The Hall–Kier alpha value is -2.66. The molecule has 0 saturated carbocycles. The molecule has 1 saturated heterocycles. The van der Waals surface area contributed by atoms with Crippen LogP contribution in [0.5, 0.6) is 0 Å². The Morgan fingerprint density at radius 2 is 1.87 bits per heavy atom. The average molecular weight is 408 g/mol. The second-order valence-corrected chi connectivity index (χ2v) is 8.27. The SMILES string of the molecule is CCc1ccccc1NC(=O)CN(C)C(=O)C(C)N1CCC(c2ccccc2C)C1. The van der Waals surface area contributed by atoms with E-state index in [-0.39, 0.29) is 24.4 Å². The molecule has 1 aliphatic rings. The zero-order valence-electron chi connectivity index (χ0n) is 18.5. The van der Waals surface area contributed by atoms with Crippen LogP contribution in [0.3, 0.4) is 0 Å². The quantitative estimate of drug-likeness (QED) is 0.759. The van der Waals surface area contributed by atoms with Crippen molar-refractivity contribution in [1.29, 1.82) is 0 Å². The Labute approximate surface area is 180 Å². The van der Waals surface area contributed by atoms with E-state index in [9.17, 15) is 9.59 Å². The number of hydrogen-bond acceptors (Lipinski definition) is 3. The van der Waals surface area contributed by atoms with Gasteiger partial charge in [0.15, 0.2) is 0 Å². The van der Waals surface area contributed by atoms with Gasteiger partial charge >= 0.3 is 0 Å². The van der Waals surface area contributed by atoms with E-state index in [0.717, 1.165) is 37.2 Å². The van der Waals surface area contributed by atoms with Gasteiger partial charge in [-0.3, -0.25) is 14.5 Å². The standard InChI is InChI=1S/C25H33N3O2/c1-5-20-11-7-9-13-23(20)26-24(29)17-27(4)25(30)19(3)28-15-14-21(16-28)22-12-8-6-10-18(22)2/h6-13,19,21H,5,14-17H2,1-4H3,(H,26,29). The maximum absolute atomic E-state index is 13.0. The van der Waals surface area contributed by atoms with Crippen molar-refractivity contribution >= 4 is 17.5 Å². The Balaban J connectivity index is 1.55. The van der Waals surface area contributed by atoms with Crippen molar-refractivity contribution in [1.82, 2.24) is 9.80 Å². The summed E-state index contributed by atoms with van der Waals surface area (Å²) in [5.41, 5.74) is 4.60. The molecule has 0 bridgehead atoms. The third kappa shape index (κ3) is 5.08. The number of hydrogen-bond donors (Lipinski definition) is 1. The van der Waals surface area contributed by atoms with Crippen LogP contribution in [0, 0.1) is 6.92 Å². The molecule has 160 valence electrons. The summed E-state index contributed by atoms with van der Waals surface area (Å²) < 4.78 is 0. The number of anilines is 1. The van der Waals surface area contributed by atoms with Crippen LogP contribution in [0.15, 0.2) is 48.5 Å². The second-order valence-electron chi connectivity index (χ2n) is 8.27. The van der Waals surface area contributed by atoms with Gasteiger partial charge in [-0.05, 0) is 61.9 Å². The minimum absolute atomic E-state index is 0.0145. The van der Waals surface area contributed by atoms with Crippen LogP contribution in [0.1, 0.15) is 42.9 Å². The van der Waals surface area contributed by atoms with E-state index in [1.165, 1.54) is 16.0 Å². The lowest BCUT2D eigenvalue weighted by molar-refractivity contribution is -0.137. The number of likely N-dealkylation sites (tertiary alicyclic amines) is 1. The van der Waals surface area contributed by atoms with Crippen molar-refractivity contribution in [3.63, 3.8) is 0 Å². The van der Waals surface area contributed by atoms with E-state index in [2.05, 4.69) is 48.3 Å². The van der Waals surface area contributed by atoms with Gasteiger partial charge in [-0.25, -0.2) is 0 Å². The largest absolute Gasteiger partial charge is 0.335 e. The topological polar surface area (TPSA) is 52.7 Å². The third-order valence-corrected chi connectivity index (χ3v) is 6.18. The molecule has 1 aliphatic heterocycles. The molecule has 0 spiro atoms. The summed E-state index contributed by atoms with van der Waals surface area (Å²) in [4.78, 5) is 29.2. The van der Waals surface area contributed by atoms with Crippen molar-refractivity contribution in [3.8, 4) is 0 Å². The van der Waals surface area contributed by atoms with E-state index in [4.69, 9.17) is 0 Å². The van der Waals surface area contributed by atoms with Crippen LogP contribution >= 0.6 is 0 Å². The number of carbonyl (C=O) groups excluding carboxylic acids is 2. The molecule has 5 nitrogen and oxygen atoms in total. The van der Waals surface area contributed by atoms with Crippen LogP contribution in [0.25, 0.3) is 0 Å². The minimum Gasteiger partial charge on any atom is -0.335 e. The molecule has 2 atom stereocenters. The zero-order valence-corrected chi connectivity index (χ0v) is 18.5. The maximum Gasteiger partial charge on any atom is 0.243 e. The first-order chi connectivity index (χ1) is 14.4. The summed E-state index contributed by atoms with van der Waals surface area (Å²) in [6.07, 6.45) is 1.90. The van der Waals surface area contributed by atoms with E-state index >= 15 is 0 Å². The zero-order chi connectivity index (χ0) is 21.7. The highest BCUT2D eigenvalue weighted by molar-refractivity contribution is 5.95. The van der Waals surface area contributed by atoms with Crippen LogP contribution in [-0.4, -0.2) is 54.3 Å². The van der Waals surface area contributed by atoms with Crippen LogP contribution in [-0.2, 0) is 16.0 Å². The maximum atomic E-state index is 13.0. The van der Waals surface area contributed by atoms with Gasteiger partial charge in [0.2, 0.25) is 11.8 Å². The highest BCUT2D eigenvalue weighted by atomic mass is 16.2. The molecule has 2 unspecified atom stereocenters. The predicted octanol–water partition coefficient (Wildman–Crippen LogP) is 3.83. The van der Waals surface area contributed by atoms with Gasteiger partial charge in [0, 0.05) is 19.3 Å². The van der Waals surface area contributed by atoms with Crippen molar-refractivity contribution in [2.45, 2.75) is 45.6 Å². The molecule has 0 aromatic heterocycles. The van der Waals surface area contributed by atoms with Crippen molar-refractivity contribution in [2.24, 2.45) is 0 Å². The summed E-state index contributed by atoms with van der Waals surface area (Å²) in [6, 6.07) is 16.0. The number of carbonyl (C=O) groups is 2. The third-order valence-electron chi connectivity index (χ3n) is 6.18. The molecule has 1 heterocycles. The summed E-state index contributed by atoms with van der Waals surface area (Å²) in [7, 11) is 1.71. The van der Waals surface area contributed by atoms with Crippen LogP contribution in [0.2, 0.25) is 0 Å². The highest BCUT2D eigenvalue weighted by Gasteiger charge is 2.32. The van der Waals surface area contributed by atoms with E-state index in [1.807, 2.05) is 31.2 Å². The lowest BCUT2D eigenvalue weighted by Crippen LogP contribution is -2.47. The smallest absolute Gasteiger partial charge is 0.243 e. The van der Waals surface area contributed by atoms with Crippen molar-refractivity contribution < 1.29 is 9.59 Å². The fraction of sp³-hybridized carbons (Fsp3) is 0.440. The van der Waals surface area contributed by atoms with Gasteiger partial charge in [-0.1, -0.05) is 49.4 Å². The number of nitrogens with one attached hydrogen (secondary N) is 1.